The van der Waals surface area contributed by atoms with Gasteiger partial charge in [0.15, 0.2) is 17.5 Å². The molecule has 0 aliphatic rings. The van der Waals surface area contributed by atoms with Crippen molar-refractivity contribution in [2.45, 2.75) is 39.3 Å². The summed E-state index contributed by atoms with van der Waals surface area (Å²) >= 11 is 0. The van der Waals surface area contributed by atoms with E-state index in [0.29, 0.717) is 36.4 Å². The maximum atomic E-state index is 5.90. The predicted molar refractivity (Wildman–Crippen MR) is 96.9 cm³/mol. The third kappa shape index (κ3) is 5.14. The first kappa shape index (κ1) is 18.6. The summed E-state index contributed by atoms with van der Waals surface area (Å²) in [5, 5.41) is 3.00. The maximum absolute atomic E-state index is 5.90. The minimum atomic E-state index is -0.0711. The Morgan fingerprint density at radius 2 is 1.96 bits per heavy atom. The van der Waals surface area contributed by atoms with Crippen LogP contribution in [-0.2, 0) is 18.5 Å². The Labute approximate surface area is 148 Å². The fraction of sp³-hybridized carbons (Fsp3) is 0.444. The van der Waals surface area contributed by atoms with Crippen molar-refractivity contribution in [1.29, 1.82) is 0 Å². The number of oxazole rings is 1. The van der Waals surface area contributed by atoms with Gasteiger partial charge in [-0.25, -0.2) is 9.98 Å². The third-order valence-electron chi connectivity index (χ3n) is 3.59. The van der Waals surface area contributed by atoms with Crippen molar-refractivity contribution in [3.8, 4) is 11.5 Å². The number of nitrogens with two attached hydrogens (primary N) is 1. The first-order valence-corrected chi connectivity index (χ1v) is 8.03. The van der Waals surface area contributed by atoms with E-state index < -0.39 is 0 Å². The van der Waals surface area contributed by atoms with Crippen molar-refractivity contribution in [3.63, 3.8) is 0 Å². The molecule has 7 heteroatoms. The van der Waals surface area contributed by atoms with Crippen molar-refractivity contribution in [2.75, 3.05) is 14.2 Å². The number of nitrogens with one attached hydrogen (secondary N) is 1. The highest BCUT2D eigenvalue weighted by Gasteiger charge is 2.19. The van der Waals surface area contributed by atoms with Crippen LogP contribution in [0.1, 0.15) is 38.0 Å². The quantitative estimate of drug-likeness (QED) is 0.617. The van der Waals surface area contributed by atoms with Gasteiger partial charge >= 0.3 is 0 Å². The number of aromatic nitrogens is 1. The highest BCUT2D eigenvalue weighted by atomic mass is 16.5. The second kappa shape index (κ2) is 7.92. The number of rotatable bonds is 6. The second-order valence-electron chi connectivity index (χ2n) is 6.61. The van der Waals surface area contributed by atoms with Gasteiger partial charge in [-0.3, -0.25) is 0 Å². The predicted octanol–water partition coefficient (Wildman–Crippen LogP) is 2.59. The molecule has 25 heavy (non-hydrogen) atoms. The number of hydrogen-bond donors (Lipinski definition) is 2. The Bertz CT molecular complexity index is 732. The second-order valence-corrected chi connectivity index (χ2v) is 6.61. The first-order valence-electron chi connectivity index (χ1n) is 8.03. The molecule has 0 saturated heterocycles. The van der Waals surface area contributed by atoms with Gasteiger partial charge in [0.2, 0.25) is 5.89 Å². The molecule has 2 rings (SSSR count). The minimum absolute atomic E-state index is 0.0711. The van der Waals surface area contributed by atoms with Crippen molar-refractivity contribution in [3.05, 3.63) is 41.6 Å². The van der Waals surface area contributed by atoms with E-state index in [0.717, 1.165) is 11.3 Å². The van der Waals surface area contributed by atoms with E-state index >= 15 is 0 Å². The normalized spacial score (nSPS) is 12.1. The van der Waals surface area contributed by atoms with Crippen molar-refractivity contribution in [1.82, 2.24) is 10.3 Å². The van der Waals surface area contributed by atoms with Gasteiger partial charge in [-0.1, -0.05) is 26.8 Å². The molecular formula is C18H26N4O3. The lowest BCUT2D eigenvalue weighted by Gasteiger charge is -2.13. The van der Waals surface area contributed by atoms with Crippen molar-refractivity contribution >= 4 is 5.96 Å². The average molecular weight is 346 g/mol. The van der Waals surface area contributed by atoms with Gasteiger partial charge < -0.3 is 24.9 Å². The molecule has 0 spiro atoms. The zero-order chi connectivity index (χ0) is 18.4. The number of hydrogen-bond acceptors (Lipinski definition) is 5. The van der Waals surface area contributed by atoms with Gasteiger partial charge in [-0.05, 0) is 17.7 Å². The van der Waals surface area contributed by atoms with E-state index in [1.165, 1.54) is 0 Å². The molecule has 2 aromatic rings. The summed E-state index contributed by atoms with van der Waals surface area (Å²) in [5.74, 6) is 3.08. The number of guanidine groups is 1. The monoisotopic (exact) mass is 346 g/mol. The van der Waals surface area contributed by atoms with E-state index in [2.05, 4.69) is 36.1 Å². The largest absolute Gasteiger partial charge is 0.493 e. The van der Waals surface area contributed by atoms with E-state index in [9.17, 15) is 0 Å². The summed E-state index contributed by atoms with van der Waals surface area (Å²) < 4.78 is 16.2. The van der Waals surface area contributed by atoms with E-state index in [-0.39, 0.29) is 5.41 Å². The lowest BCUT2D eigenvalue weighted by molar-refractivity contribution is 0.354. The molecule has 0 aliphatic heterocycles. The van der Waals surface area contributed by atoms with Gasteiger partial charge in [0.05, 0.1) is 33.5 Å². The van der Waals surface area contributed by atoms with Crippen LogP contribution in [0.5, 0.6) is 11.5 Å². The molecule has 0 fully saturated rings. The fourth-order valence-electron chi connectivity index (χ4n) is 2.12. The van der Waals surface area contributed by atoms with E-state index in [1.54, 1.807) is 20.4 Å². The van der Waals surface area contributed by atoms with Crippen LogP contribution in [-0.4, -0.2) is 25.2 Å². The van der Waals surface area contributed by atoms with Crippen molar-refractivity contribution < 1.29 is 13.9 Å². The van der Waals surface area contributed by atoms with Crippen LogP contribution in [0.25, 0.3) is 0 Å². The Balaban J connectivity index is 1.92. The van der Waals surface area contributed by atoms with Crippen LogP contribution in [0.3, 0.4) is 0 Å². The molecule has 0 unspecified atom stereocenters. The van der Waals surface area contributed by atoms with Crippen molar-refractivity contribution in [2.24, 2.45) is 10.7 Å². The number of ether oxygens (including phenoxy) is 2. The zero-order valence-electron chi connectivity index (χ0n) is 15.4. The average Bonchev–Trinajstić information content (AvgIpc) is 3.07. The van der Waals surface area contributed by atoms with Gasteiger partial charge in [0.25, 0.3) is 0 Å². The summed E-state index contributed by atoms with van der Waals surface area (Å²) in [5.41, 5.74) is 6.80. The van der Waals surface area contributed by atoms with Crippen LogP contribution in [0, 0.1) is 0 Å². The van der Waals surface area contributed by atoms with Crippen LogP contribution in [0.2, 0.25) is 0 Å². The lowest BCUT2D eigenvalue weighted by Crippen LogP contribution is -2.31. The zero-order valence-corrected chi connectivity index (χ0v) is 15.4. The maximum Gasteiger partial charge on any atom is 0.213 e. The fourth-order valence-corrected chi connectivity index (χ4v) is 2.12. The summed E-state index contributed by atoms with van der Waals surface area (Å²) in [6, 6.07) is 5.63. The van der Waals surface area contributed by atoms with E-state index in [1.807, 2.05) is 18.2 Å². The smallest absolute Gasteiger partial charge is 0.213 e. The van der Waals surface area contributed by atoms with Crippen LogP contribution in [0.15, 0.2) is 33.8 Å². The van der Waals surface area contributed by atoms with Crippen LogP contribution in [0.4, 0.5) is 0 Å². The Kier molecular flexibility index (Phi) is 5.90. The molecule has 1 aromatic carbocycles. The Morgan fingerprint density at radius 3 is 2.56 bits per heavy atom. The third-order valence-corrected chi connectivity index (χ3v) is 3.59. The summed E-state index contributed by atoms with van der Waals surface area (Å²) in [6.45, 7) is 7.03. The van der Waals surface area contributed by atoms with Gasteiger partial charge in [0, 0.05) is 5.41 Å². The number of benzene rings is 1. The van der Waals surface area contributed by atoms with Gasteiger partial charge in [-0.2, -0.15) is 0 Å². The molecule has 1 heterocycles. The number of nitrogens with zero attached hydrogens (tertiary/aromatic N) is 2. The van der Waals surface area contributed by atoms with Gasteiger partial charge in [-0.15, -0.1) is 0 Å². The summed E-state index contributed by atoms with van der Waals surface area (Å²) in [4.78, 5) is 8.56. The highest BCUT2D eigenvalue weighted by Crippen LogP contribution is 2.27. The Morgan fingerprint density at radius 1 is 1.24 bits per heavy atom. The number of methoxy groups -OCH3 is 2. The molecule has 3 N–H and O–H groups in total. The molecule has 7 nitrogen and oxygen atoms in total. The molecule has 0 radical (unpaired) electrons. The summed E-state index contributed by atoms with van der Waals surface area (Å²) in [6.07, 6.45) is 1.74. The SMILES string of the molecule is COc1ccc(CN=C(N)NCc2ncc(C(C)(C)C)o2)cc1OC. The summed E-state index contributed by atoms with van der Waals surface area (Å²) in [7, 11) is 3.20. The molecule has 1 aromatic heterocycles. The number of aliphatic imine (C=N–C) groups is 1. The standard InChI is InChI=1S/C18H26N4O3/c1-18(2,3)15-10-20-16(25-15)11-22-17(19)21-9-12-6-7-13(23-4)14(8-12)24-5/h6-8,10H,9,11H2,1-5H3,(H3,19,21,22). The molecule has 0 bridgehead atoms. The lowest BCUT2D eigenvalue weighted by atomic mass is 9.94. The minimum Gasteiger partial charge on any atom is -0.493 e. The molecule has 136 valence electrons. The molecule has 0 amide bonds. The van der Waals surface area contributed by atoms with Gasteiger partial charge in [0.1, 0.15) is 5.76 Å². The van der Waals surface area contributed by atoms with E-state index in [4.69, 9.17) is 19.6 Å². The van der Waals surface area contributed by atoms with Crippen LogP contribution < -0.4 is 20.5 Å². The van der Waals surface area contributed by atoms with Crippen LogP contribution >= 0.6 is 0 Å². The molecule has 0 atom stereocenters. The molecular weight excluding hydrogens is 320 g/mol. The molecule has 0 saturated carbocycles. The first-order chi connectivity index (χ1) is 11.8. The Hall–Kier alpha value is -2.70. The highest BCUT2D eigenvalue weighted by molar-refractivity contribution is 5.77. The topological polar surface area (TPSA) is 94.9 Å². The molecule has 0 aliphatic carbocycles.